The Kier molecular flexibility index (Phi) is 10.9. The minimum absolute atomic E-state index is 0.166. The van der Waals surface area contributed by atoms with Crippen molar-refractivity contribution in [3.05, 3.63) is 64.2 Å². The molecular formula is C30H39ClN4O5. The van der Waals surface area contributed by atoms with E-state index in [0.717, 1.165) is 6.42 Å². The summed E-state index contributed by atoms with van der Waals surface area (Å²) in [5, 5.41) is 15.4. The molecule has 1 fully saturated rings. The second kappa shape index (κ2) is 14.0. The molecule has 1 aliphatic rings. The summed E-state index contributed by atoms with van der Waals surface area (Å²) in [7, 11) is 0. The molecule has 0 bridgehead atoms. The molecule has 0 aromatic heterocycles. The molecule has 2 aromatic carbocycles. The first kappa shape index (κ1) is 31.4. The summed E-state index contributed by atoms with van der Waals surface area (Å²) in [6.07, 6.45) is 0.618. The first-order chi connectivity index (χ1) is 19.0. The van der Waals surface area contributed by atoms with Gasteiger partial charge in [0.1, 0.15) is 17.9 Å². The Balaban J connectivity index is 1.49. The number of nitrogens with zero attached hydrogens (tertiary/aromatic N) is 1. The summed E-state index contributed by atoms with van der Waals surface area (Å²) in [5.74, 6) is 0.117. The van der Waals surface area contributed by atoms with E-state index in [4.69, 9.17) is 36.8 Å². The topological polar surface area (TPSA) is 136 Å². The fraction of sp³-hybridized carbons (Fsp3) is 0.500. The smallest absolute Gasteiger partial charge is 0.251 e. The Morgan fingerprint density at radius 2 is 1.55 bits per heavy atom. The van der Waals surface area contributed by atoms with Crippen molar-refractivity contribution in [3.63, 3.8) is 0 Å². The van der Waals surface area contributed by atoms with Gasteiger partial charge in [0.2, 0.25) is 0 Å². The molecule has 0 atom stereocenters. The van der Waals surface area contributed by atoms with Crippen molar-refractivity contribution in [2.45, 2.75) is 46.3 Å². The maximum absolute atomic E-state index is 13.1. The fourth-order valence-corrected chi connectivity index (χ4v) is 5.64. The van der Waals surface area contributed by atoms with Gasteiger partial charge < -0.3 is 30.6 Å². The normalized spacial score (nSPS) is 18.7. The molecule has 0 unspecified atom stereocenters. The molecule has 0 radical (unpaired) electrons. The highest BCUT2D eigenvalue weighted by atomic mass is 35.5. The minimum Gasteiger partial charge on any atom is -0.489 e. The average molecular weight is 571 g/mol. The highest BCUT2D eigenvalue weighted by molar-refractivity contribution is 6.31. The number of nitrogens with one attached hydrogen (secondary N) is 2. The number of halogens is 1. The predicted molar refractivity (Wildman–Crippen MR) is 153 cm³/mol. The highest BCUT2D eigenvalue weighted by Gasteiger charge is 2.64. The van der Waals surface area contributed by atoms with E-state index in [9.17, 15) is 9.59 Å². The lowest BCUT2D eigenvalue weighted by atomic mass is 9.49. The number of carbonyl (C=O) groups is 2. The summed E-state index contributed by atoms with van der Waals surface area (Å²) < 4.78 is 17.1. The largest absolute Gasteiger partial charge is 0.489 e. The second-order valence-electron chi connectivity index (χ2n) is 11.0. The van der Waals surface area contributed by atoms with Gasteiger partial charge in [-0.25, -0.2) is 0 Å². The highest BCUT2D eigenvalue weighted by Crippen LogP contribution is 2.55. The number of rotatable bonds is 14. The molecule has 0 heterocycles. The van der Waals surface area contributed by atoms with Gasteiger partial charge in [0.25, 0.3) is 11.8 Å². The van der Waals surface area contributed by atoms with Crippen molar-refractivity contribution < 1.29 is 23.8 Å². The summed E-state index contributed by atoms with van der Waals surface area (Å²) in [4.78, 5) is 25.5. The van der Waals surface area contributed by atoms with E-state index in [1.54, 1.807) is 42.5 Å². The minimum atomic E-state index is -0.377. The van der Waals surface area contributed by atoms with Crippen LogP contribution in [0.3, 0.4) is 0 Å². The third-order valence-corrected chi connectivity index (χ3v) is 7.55. The molecule has 1 saturated carbocycles. The quantitative estimate of drug-likeness (QED) is 0.293. The van der Waals surface area contributed by atoms with Gasteiger partial charge in [0.05, 0.1) is 30.4 Å². The number of ether oxygens (including phenoxy) is 3. The maximum Gasteiger partial charge on any atom is 0.251 e. The van der Waals surface area contributed by atoms with Crippen LogP contribution in [0, 0.1) is 22.2 Å². The lowest BCUT2D eigenvalue weighted by Gasteiger charge is -2.63. The number of nitrogens with two attached hydrogens (primary N) is 1. The van der Waals surface area contributed by atoms with E-state index >= 15 is 0 Å². The molecule has 0 aliphatic heterocycles. The molecule has 9 nitrogen and oxygen atoms in total. The third-order valence-electron chi connectivity index (χ3n) is 7.24. The van der Waals surface area contributed by atoms with Crippen LogP contribution in [0.4, 0.5) is 0 Å². The first-order valence-electron chi connectivity index (χ1n) is 13.4. The summed E-state index contributed by atoms with van der Waals surface area (Å²) in [5.41, 5.74) is 5.96. The van der Waals surface area contributed by atoms with Gasteiger partial charge >= 0.3 is 0 Å². The van der Waals surface area contributed by atoms with Crippen LogP contribution in [0.1, 0.15) is 60.4 Å². The number of carbonyl (C=O) groups excluding carboxylic acids is 2. The van der Waals surface area contributed by atoms with E-state index in [-0.39, 0.29) is 34.8 Å². The number of hydrogen-bond donors (Lipinski definition) is 3. The third kappa shape index (κ3) is 7.52. The Labute approximate surface area is 241 Å². The summed E-state index contributed by atoms with van der Waals surface area (Å²) in [6, 6.07) is 13.4. The van der Waals surface area contributed by atoms with Gasteiger partial charge in [-0.05, 0) is 49.4 Å². The lowest BCUT2D eigenvalue weighted by molar-refractivity contribution is -0.164. The number of hydrogen-bond acceptors (Lipinski definition) is 7. The molecular weight excluding hydrogens is 532 g/mol. The zero-order valence-electron chi connectivity index (χ0n) is 23.6. The van der Waals surface area contributed by atoms with Crippen molar-refractivity contribution in [2.24, 2.45) is 16.6 Å². The van der Waals surface area contributed by atoms with Crippen molar-refractivity contribution >= 4 is 23.4 Å². The van der Waals surface area contributed by atoms with Crippen LogP contribution < -0.4 is 21.1 Å². The SMILES string of the molecule is CC1(C)C(NC(=O)c2ccc(C(=O)NCCOCCOCCCN)cc2)C(C)(C)C1Oc1ccc(C#N)c(Cl)c1. The fourth-order valence-electron chi connectivity index (χ4n) is 5.43. The van der Waals surface area contributed by atoms with Gasteiger partial charge in [-0.2, -0.15) is 5.26 Å². The zero-order chi connectivity index (χ0) is 29.3. The molecule has 1 aliphatic carbocycles. The van der Waals surface area contributed by atoms with Crippen LogP contribution in [0.5, 0.6) is 5.75 Å². The van der Waals surface area contributed by atoms with E-state index < -0.39 is 0 Å². The average Bonchev–Trinajstić information content (AvgIpc) is 2.93. The summed E-state index contributed by atoms with van der Waals surface area (Å²) >= 11 is 6.18. The Hall–Kier alpha value is -3.16. The van der Waals surface area contributed by atoms with Gasteiger partial charge in [-0.3, -0.25) is 9.59 Å². The van der Waals surface area contributed by atoms with E-state index in [1.165, 1.54) is 0 Å². The molecule has 3 rings (SSSR count). The Bertz CT molecular complexity index is 1190. The molecule has 40 heavy (non-hydrogen) atoms. The van der Waals surface area contributed by atoms with Crippen LogP contribution in [-0.2, 0) is 9.47 Å². The number of nitriles is 1. The van der Waals surface area contributed by atoms with Gasteiger partial charge in [0, 0.05) is 47.2 Å². The molecule has 216 valence electrons. The maximum atomic E-state index is 13.1. The van der Waals surface area contributed by atoms with Gasteiger partial charge in [-0.15, -0.1) is 0 Å². The van der Waals surface area contributed by atoms with Crippen LogP contribution in [0.15, 0.2) is 42.5 Å². The van der Waals surface area contributed by atoms with Crippen LogP contribution in [-0.4, -0.2) is 63.5 Å². The van der Waals surface area contributed by atoms with Gasteiger partial charge in [0.15, 0.2) is 0 Å². The van der Waals surface area contributed by atoms with Gasteiger partial charge in [-0.1, -0.05) is 39.3 Å². The number of benzene rings is 2. The zero-order valence-corrected chi connectivity index (χ0v) is 24.3. The monoisotopic (exact) mass is 570 g/mol. The summed E-state index contributed by atoms with van der Waals surface area (Å²) in [6.45, 7) is 11.1. The van der Waals surface area contributed by atoms with E-state index in [0.29, 0.717) is 67.0 Å². The van der Waals surface area contributed by atoms with Crippen molar-refractivity contribution in [2.75, 3.05) is 39.5 Å². The Morgan fingerprint density at radius 1 is 0.950 bits per heavy atom. The lowest BCUT2D eigenvalue weighted by Crippen LogP contribution is -2.74. The van der Waals surface area contributed by atoms with Crippen molar-refractivity contribution in [3.8, 4) is 11.8 Å². The predicted octanol–water partition coefficient (Wildman–Crippen LogP) is 3.94. The number of amides is 2. The first-order valence-corrected chi connectivity index (χ1v) is 13.8. The second-order valence-corrected chi connectivity index (χ2v) is 11.4. The van der Waals surface area contributed by atoms with E-state index in [1.807, 2.05) is 33.8 Å². The molecule has 0 spiro atoms. The van der Waals surface area contributed by atoms with Crippen molar-refractivity contribution in [1.29, 1.82) is 5.26 Å². The molecule has 2 aromatic rings. The standard InChI is InChI=1S/C30H39ClN4O5/c1-29(2)27(30(3,4)28(29)40-23-11-10-22(19-33)24(31)18-23)35-26(37)21-8-6-20(7-9-21)25(36)34-13-15-39-17-16-38-14-5-12-32/h6-11,18,27-28H,5,12-17,32H2,1-4H3,(H,34,36)(H,35,37). The molecule has 4 N–H and O–H groups in total. The van der Waals surface area contributed by atoms with E-state index in [2.05, 4.69) is 10.6 Å². The molecule has 10 heteroatoms. The Morgan fingerprint density at radius 3 is 2.12 bits per heavy atom. The van der Waals surface area contributed by atoms with Crippen LogP contribution in [0.2, 0.25) is 5.02 Å². The molecule has 0 saturated heterocycles. The molecule has 2 amide bonds. The van der Waals surface area contributed by atoms with Crippen LogP contribution >= 0.6 is 11.6 Å². The van der Waals surface area contributed by atoms with Crippen LogP contribution in [0.25, 0.3) is 0 Å². The van der Waals surface area contributed by atoms with Crippen molar-refractivity contribution in [1.82, 2.24) is 10.6 Å².